The van der Waals surface area contributed by atoms with Gasteiger partial charge >= 0.3 is 12.0 Å². The van der Waals surface area contributed by atoms with Gasteiger partial charge in [0.05, 0.1) is 5.56 Å². The van der Waals surface area contributed by atoms with Crippen LogP contribution < -0.4 is 21.3 Å². The zero-order chi connectivity index (χ0) is 21.1. The van der Waals surface area contributed by atoms with Crippen molar-refractivity contribution >= 4 is 23.8 Å². The van der Waals surface area contributed by atoms with Crippen molar-refractivity contribution in [2.45, 2.75) is 46.3 Å². The van der Waals surface area contributed by atoms with Gasteiger partial charge in [0.1, 0.15) is 6.04 Å². The quantitative estimate of drug-likeness (QED) is 0.460. The van der Waals surface area contributed by atoms with Crippen molar-refractivity contribution in [3.8, 4) is 0 Å². The third kappa shape index (κ3) is 8.52. The number of esters is 1. The molecule has 0 heterocycles. The fourth-order valence-corrected chi connectivity index (χ4v) is 2.14. The lowest BCUT2D eigenvalue weighted by molar-refractivity contribution is -0.130. The molecule has 0 aromatic heterocycles. The molecule has 4 N–H and O–H groups in total. The lowest BCUT2D eigenvalue weighted by Crippen LogP contribution is -2.46. The number of urea groups is 1. The van der Waals surface area contributed by atoms with Gasteiger partial charge in [0.25, 0.3) is 5.91 Å². The Bertz CT molecular complexity index is 688. The standard InChI is InChI=1S/C19H28N4O5/c1-5-20-17(25)13(4)23-16(24)11-28-18(26)15-8-6-14(7-9-15)10-21-19(27)22-12(2)3/h6-9,12-13H,5,10-11H2,1-4H3,(H,20,25)(H,23,24)(H2,21,22,27)/t13-/m1/s1. The van der Waals surface area contributed by atoms with Crippen molar-refractivity contribution in [1.29, 1.82) is 0 Å². The second-order valence-corrected chi connectivity index (χ2v) is 6.44. The number of amides is 4. The zero-order valence-corrected chi connectivity index (χ0v) is 16.6. The lowest BCUT2D eigenvalue weighted by Gasteiger charge is -2.13. The molecule has 154 valence electrons. The number of rotatable bonds is 9. The minimum atomic E-state index is -0.717. The average molecular weight is 392 g/mol. The summed E-state index contributed by atoms with van der Waals surface area (Å²) in [5, 5.41) is 10.4. The number of hydrogen-bond donors (Lipinski definition) is 4. The molecular formula is C19H28N4O5. The van der Waals surface area contributed by atoms with E-state index in [1.807, 2.05) is 13.8 Å². The van der Waals surface area contributed by atoms with Crippen LogP contribution in [0.3, 0.4) is 0 Å². The Morgan fingerprint density at radius 2 is 1.61 bits per heavy atom. The molecule has 28 heavy (non-hydrogen) atoms. The molecule has 0 aliphatic heterocycles. The summed E-state index contributed by atoms with van der Waals surface area (Å²) in [6.45, 7) is 7.33. The van der Waals surface area contributed by atoms with Crippen molar-refractivity contribution < 1.29 is 23.9 Å². The Kier molecular flexibility index (Phi) is 9.49. The summed E-state index contributed by atoms with van der Waals surface area (Å²) >= 11 is 0. The van der Waals surface area contributed by atoms with Crippen molar-refractivity contribution in [1.82, 2.24) is 21.3 Å². The van der Waals surface area contributed by atoms with E-state index in [4.69, 9.17) is 4.74 Å². The smallest absolute Gasteiger partial charge is 0.338 e. The maximum Gasteiger partial charge on any atom is 0.338 e. The molecule has 4 amide bonds. The van der Waals surface area contributed by atoms with Crippen LogP contribution in [-0.2, 0) is 20.9 Å². The van der Waals surface area contributed by atoms with Crippen LogP contribution in [0.2, 0.25) is 0 Å². The summed E-state index contributed by atoms with van der Waals surface area (Å²) in [7, 11) is 0. The molecule has 0 spiro atoms. The van der Waals surface area contributed by atoms with E-state index in [2.05, 4.69) is 21.3 Å². The van der Waals surface area contributed by atoms with Gasteiger partial charge in [0.15, 0.2) is 6.61 Å². The third-order valence-corrected chi connectivity index (χ3v) is 3.52. The Labute approximate surface area is 164 Å². The summed E-state index contributed by atoms with van der Waals surface area (Å²) in [5.41, 5.74) is 1.09. The molecular weight excluding hydrogens is 364 g/mol. The molecule has 1 atom stereocenters. The molecule has 0 saturated carbocycles. The van der Waals surface area contributed by atoms with Crippen LogP contribution in [0.25, 0.3) is 0 Å². The van der Waals surface area contributed by atoms with Crippen molar-refractivity contribution in [2.24, 2.45) is 0 Å². The molecule has 0 aliphatic carbocycles. The van der Waals surface area contributed by atoms with Crippen LogP contribution in [0.4, 0.5) is 4.79 Å². The first-order chi connectivity index (χ1) is 13.2. The van der Waals surface area contributed by atoms with Crippen molar-refractivity contribution in [3.63, 3.8) is 0 Å². The molecule has 1 rings (SSSR count). The van der Waals surface area contributed by atoms with Crippen molar-refractivity contribution in [2.75, 3.05) is 13.2 Å². The van der Waals surface area contributed by atoms with Gasteiger partial charge in [-0.3, -0.25) is 9.59 Å². The first-order valence-electron chi connectivity index (χ1n) is 9.10. The van der Waals surface area contributed by atoms with Gasteiger partial charge in [-0.05, 0) is 45.4 Å². The minimum Gasteiger partial charge on any atom is -0.452 e. The van der Waals surface area contributed by atoms with Crippen LogP contribution in [0.1, 0.15) is 43.6 Å². The number of hydrogen-bond acceptors (Lipinski definition) is 5. The summed E-state index contributed by atoms with van der Waals surface area (Å²) in [6.07, 6.45) is 0. The summed E-state index contributed by atoms with van der Waals surface area (Å²) in [6, 6.07) is 5.52. The lowest BCUT2D eigenvalue weighted by atomic mass is 10.1. The van der Waals surface area contributed by atoms with Gasteiger partial charge < -0.3 is 26.0 Å². The van der Waals surface area contributed by atoms with Gasteiger partial charge in [-0.15, -0.1) is 0 Å². The van der Waals surface area contributed by atoms with Crippen LogP contribution in [-0.4, -0.2) is 49.1 Å². The van der Waals surface area contributed by atoms with Gasteiger partial charge in [-0.1, -0.05) is 12.1 Å². The van der Waals surface area contributed by atoms with Gasteiger partial charge in [0.2, 0.25) is 5.91 Å². The van der Waals surface area contributed by atoms with E-state index in [1.165, 1.54) is 0 Å². The first-order valence-corrected chi connectivity index (χ1v) is 9.10. The zero-order valence-electron chi connectivity index (χ0n) is 16.6. The van der Waals surface area contributed by atoms with E-state index >= 15 is 0 Å². The molecule has 9 nitrogen and oxygen atoms in total. The van der Waals surface area contributed by atoms with E-state index in [1.54, 1.807) is 38.1 Å². The Morgan fingerprint density at radius 1 is 0.964 bits per heavy atom. The average Bonchev–Trinajstić information content (AvgIpc) is 2.64. The van der Waals surface area contributed by atoms with Gasteiger partial charge in [-0.2, -0.15) is 0 Å². The maximum atomic E-state index is 12.0. The van der Waals surface area contributed by atoms with Crippen LogP contribution >= 0.6 is 0 Å². The number of carbonyl (C=O) groups excluding carboxylic acids is 4. The number of likely N-dealkylation sites (N-methyl/N-ethyl adjacent to an activating group) is 1. The topological polar surface area (TPSA) is 126 Å². The number of ether oxygens (including phenoxy) is 1. The third-order valence-electron chi connectivity index (χ3n) is 3.52. The monoisotopic (exact) mass is 392 g/mol. The fourth-order valence-electron chi connectivity index (χ4n) is 2.14. The highest BCUT2D eigenvalue weighted by Gasteiger charge is 2.16. The fraction of sp³-hybridized carbons (Fsp3) is 0.474. The van der Waals surface area contributed by atoms with Crippen molar-refractivity contribution in [3.05, 3.63) is 35.4 Å². The molecule has 1 aromatic rings. The van der Waals surface area contributed by atoms with E-state index in [-0.39, 0.29) is 23.5 Å². The molecule has 9 heteroatoms. The molecule has 0 unspecified atom stereocenters. The van der Waals surface area contributed by atoms with Gasteiger partial charge in [-0.25, -0.2) is 9.59 Å². The SMILES string of the molecule is CCNC(=O)[C@@H](C)NC(=O)COC(=O)c1ccc(CNC(=O)NC(C)C)cc1. The summed E-state index contributed by atoms with van der Waals surface area (Å²) in [4.78, 5) is 46.9. The van der Waals surface area contributed by atoms with E-state index < -0.39 is 24.5 Å². The minimum absolute atomic E-state index is 0.0402. The van der Waals surface area contributed by atoms with Crippen LogP contribution in [0, 0.1) is 0 Å². The summed E-state index contributed by atoms with van der Waals surface area (Å²) in [5.74, 6) is -1.53. The highest BCUT2D eigenvalue weighted by molar-refractivity contribution is 5.92. The Balaban J connectivity index is 2.43. The Morgan fingerprint density at radius 3 is 2.18 bits per heavy atom. The van der Waals surface area contributed by atoms with E-state index in [9.17, 15) is 19.2 Å². The molecule has 0 radical (unpaired) electrons. The second kappa shape index (κ2) is 11.6. The molecule has 1 aromatic carbocycles. The van der Waals surface area contributed by atoms with Gasteiger partial charge in [0, 0.05) is 19.1 Å². The molecule has 0 fully saturated rings. The molecule has 0 bridgehead atoms. The molecule has 0 aliphatic rings. The highest BCUT2D eigenvalue weighted by Crippen LogP contribution is 2.06. The van der Waals surface area contributed by atoms with E-state index in [0.29, 0.717) is 13.1 Å². The first kappa shape index (κ1) is 22.9. The normalized spacial score (nSPS) is 11.3. The van der Waals surface area contributed by atoms with Crippen LogP contribution in [0.15, 0.2) is 24.3 Å². The Hall–Kier alpha value is -3.10. The predicted octanol–water partition coefficient (Wildman–Crippen LogP) is 0.692. The maximum absolute atomic E-state index is 12.0. The summed E-state index contributed by atoms with van der Waals surface area (Å²) < 4.78 is 4.95. The molecule has 0 saturated heterocycles. The highest BCUT2D eigenvalue weighted by atomic mass is 16.5. The van der Waals surface area contributed by atoms with E-state index in [0.717, 1.165) is 5.56 Å². The number of benzene rings is 1. The van der Waals surface area contributed by atoms with Crippen LogP contribution in [0.5, 0.6) is 0 Å². The second-order valence-electron chi connectivity index (χ2n) is 6.44. The number of nitrogens with one attached hydrogen (secondary N) is 4. The number of carbonyl (C=O) groups is 4. The predicted molar refractivity (Wildman–Crippen MR) is 104 cm³/mol. The largest absolute Gasteiger partial charge is 0.452 e.